The number of carbonyl (C=O) groups is 1. The predicted molar refractivity (Wildman–Crippen MR) is 116 cm³/mol. The van der Waals surface area contributed by atoms with E-state index in [-0.39, 0.29) is 17.3 Å². The highest BCUT2D eigenvalue weighted by molar-refractivity contribution is 7.89. The van der Waals surface area contributed by atoms with Gasteiger partial charge in [-0.25, -0.2) is 18.4 Å². The van der Waals surface area contributed by atoms with Crippen LogP contribution in [0.3, 0.4) is 0 Å². The molecule has 0 unspecified atom stereocenters. The molecule has 30 heavy (non-hydrogen) atoms. The summed E-state index contributed by atoms with van der Waals surface area (Å²) in [7, 11) is -2.24. The maximum Gasteiger partial charge on any atom is 0.254 e. The summed E-state index contributed by atoms with van der Waals surface area (Å²) >= 11 is 5.82. The van der Waals surface area contributed by atoms with Crippen molar-refractivity contribution in [3.8, 4) is 0 Å². The molecule has 0 bridgehead atoms. The molecule has 7 nitrogen and oxygen atoms in total. The Hall–Kier alpha value is -2.29. The fourth-order valence-electron chi connectivity index (χ4n) is 3.19. The van der Waals surface area contributed by atoms with Crippen LogP contribution in [0.2, 0.25) is 5.02 Å². The molecule has 0 aliphatic heterocycles. The highest BCUT2D eigenvalue weighted by Crippen LogP contribution is 2.20. The van der Waals surface area contributed by atoms with Gasteiger partial charge in [-0.15, -0.1) is 0 Å². The number of nitrogens with zero attached hydrogens (tertiary/aromatic N) is 3. The van der Waals surface area contributed by atoms with Crippen molar-refractivity contribution in [2.75, 3.05) is 13.6 Å². The second-order valence-electron chi connectivity index (χ2n) is 7.22. The van der Waals surface area contributed by atoms with Crippen LogP contribution in [0.25, 0.3) is 0 Å². The molecule has 1 aliphatic carbocycles. The van der Waals surface area contributed by atoms with Gasteiger partial charge in [0.2, 0.25) is 10.0 Å². The molecule has 1 amide bonds. The monoisotopic (exact) mass is 448 g/mol. The smallest absolute Gasteiger partial charge is 0.254 e. The SMILES string of the molecule is CN(Cc1ncc(C(=O)NCCC2=CCCCC2)cn1)S(=O)(=O)c1ccc(Cl)cc1. The van der Waals surface area contributed by atoms with Gasteiger partial charge in [0, 0.05) is 31.0 Å². The predicted octanol–water partition coefficient (Wildman–Crippen LogP) is 3.57. The molecule has 0 saturated heterocycles. The topological polar surface area (TPSA) is 92.3 Å². The third-order valence-corrected chi connectivity index (χ3v) is 7.04. The largest absolute Gasteiger partial charge is 0.352 e. The lowest BCUT2D eigenvalue weighted by Crippen LogP contribution is -2.28. The molecule has 1 N–H and O–H groups in total. The summed E-state index contributed by atoms with van der Waals surface area (Å²) in [5.41, 5.74) is 1.75. The third kappa shape index (κ3) is 5.87. The normalized spacial score (nSPS) is 14.4. The molecular weight excluding hydrogens is 424 g/mol. The van der Waals surface area contributed by atoms with Crippen LogP contribution in [0, 0.1) is 0 Å². The fourth-order valence-corrected chi connectivity index (χ4v) is 4.45. The molecule has 1 aliphatic rings. The standard InChI is InChI=1S/C21H25ClN4O3S/c1-26(30(28,29)19-9-7-18(22)8-10-19)15-20-24-13-17(14-25-20)21(27)23-12-11-16-5-3-2-4-6-16/h5,7-10,13-14H,2-4,6,11-12,15H2,1H3,(H,23,27). The first-order valence-electron chi connectivity index (χ1n) is 9.85. The van der Waals surface area contributed by atoms with Crippen molar-refractivity contribution >= 4 is 27.5 Å². The lowest BCUT2D eigenvalue weighted by molar-refractivity contribution is 0.0953. The Balaban J connectivity index is 1.55. The average Bonchev–Trinajstić information content (AvgIpc) is 2.75. The van der Waals surface area contributed by atoms with Crippen LogP contribution in [-0.2, 0) is 16.6 Å². The number of amides is 1. The van der Waals surface area contributed by atoms with Crippen molar-refractivity contribution in [2.24, 2.45) is 0 Å². The second kappa shape index (κ2) is 10.1. The molecule has 3 rings (SSSR count). The first-order chi connectivity index (χ1) is 14.4. The molecule has 0 spiro atoms. The van der Waals surface area contributed by atoms with Gasteiger partial charge in [0.1, 0.15) is 5.82 Å². The molecule has 0 radical (unpaired) electrons. The Morgan fingerprint density at radius 1 is 1.17 bits per heavy atom. The van der Waals surface area contributed by atoms with E-state index in [0.717, 1.165) is 23.6 Å². The molecule has 0 atom stereocenters. The van der Waals surface area contributed by atoms with Crippen molar-refractivity contribution in [1.82, 2.24) is 19.6 Å². The number of carbonyl (C=O) groups excluding carboxylic acids is 1. The zero-order valence-corrected chi connectivity index (χ0v) is 18.4. The van der Waals surface area contributed by atoms with E-state index in [1.807, 2.05) is 0 Å². The lowest BCUT2D eigenvalue weighted by Gasteiger charge is -2.16. The van der Waals surface area contributed by atoms with Crippen LogP contribution < -0.4 is 5.32 Å². The number of halogens is 1. The number of rotatable bonds is 8. The molecule has 1 heterocycles. The molecule has 0 saturated carbocycles. The summed E-state index contributed by atoms with van der Waals surface area (Å²) in [5.74, 6) is 0.0686. The number of benzene rings is 1. The molecule has 160 valence electrons. The minimum absolute atomic E-state index is 0.0129. The Bertz CT molecular complexity index is 1010. The summed E-state index contributed by atoms with van der Waals surface area (Å²) in [4.78, 5) is 20.7. The van der Waals surface area contributed by atoms with Crippen LogP contribution >= 0.6 is 11.6 Å². The molecule has 1 aromatic heterocycles. The number of aromatic nitrogens is 2. The van der Waals surface area contributed by atoms with E-state index in [9.17, 15) is 13.2 Å². The van der Waals surface area contributed by atoms with E-state index in [0.29, 0.717) is 23.0 Å². The number of hydrogen-bond donors (Lipinski definition) is 1. The van der Waals surface area contributed by atoms with Gasteiger partial charge in [-0.2, -0.15) is 4.31 Å². The summed E-state index contributed by atoms with van der Waals surface area (Å²) < 4.78 is 26.4. The van der Waals surface area contributed by atoms with Crippen LogP contribution in [0.5, 0.6) is 0 Å². The van der Waals surface area contributed by atoms with Crippen LogP contribution in [0.1, 0.15) is 48.3 Å². The van der Waals surface area contributed by atoms with Gasteiger partial charge in [0.15, 0.2) is 0 Å². The van der Waals surface area contributed by atoms with E-state index in [1.165, 1.54) is 62.1 Å². The third-order valence-electron chi connectivity index (χ3n) is 4.97. The van der Waals surface area contributed by atoms with Gasteiger partial charge in [0.05, 0.1) is 17.0 Å². The molecular formula is C21H25ClN4O3S. The zero-order valence-electron chi connectivity index (χ0n) is 16.8. The van der Waals surface area contributed by atoms with Gasteiger partial charge in [-0.1, -0.05) is 23.3 Å². The average molecular weight is 449 g/mol. The Morgan fingerprint density at radius 2 is 1.87 bits per heavy atom. The van der Waals surface area contributed by atoms with Crippen molar-refractivity contribution in [3.05, 3.63) is 64.7 Å². The minimum Gasteiger partial charge on any atom is -0.352 e. The van der Waals surface area contributed by atoms with E-state index >= 15 is 0 Å². The Labute approximate surface area is 182 Å². The van der Waals surface area contributed by atoms with Crippen LogP contribution in [0.4, 0.5) is 0 Å². The van der Waals surface area contributed by atoms with Crippen molar-refractivity contribution in [2.45, 2.75) is 43.5 Å². The Morgan fingerprint density at radius 3 is 2.50 bits per heavy atom. The van der Waals surface area contributed by atoms with Gasteiger partial charge < -0.3 is 5.32 Å². The van der Waals surface area contributed by atoms with E-state index < -0.39 is 10.0 Å². The first-order valence-corrected chi connectivity index (χ1v) is 11.7. The maximum absolute atomic E-state index is 12.6. The zero-order chi connectivity index (χ0) is 21.6. The summed E-state index contributed by atoms with van der Waals surface area (Å²) in [6.07, 6.45) is 10.7. The van der Waals surface area contributed by atoms with Crippen molar-refractivity contribution in [1.29, 1.82) is 0 Å². The van der Waals surface area contributed by atoms with Gasteiger partial charge >= 0.3 is 0 Å². The first kappa shape index (κ1) is 22.4. The Kier molecular flexibility index (Phi) is 7.58. The quantitative estimate of drug-likeness (QED) is 0.623. The summed E-state index contributed by atoms with van der Waals surface area (Å²) in [6.45, 7) is 0.565. The maximum atomic E-state index is 12.6. The number of sulfonamides is 1. The number of nitrogens with one attached hydrogen (secondary N) is 1. The number of allylic oxidation sites excluding steroid dienone is 1. The highest BCUT2D eigenvalue weighted by atomic mass is 35.5. The van der Waals surface area contributed by atoms with Crippen LogP contribution in [0.15, 0.2) is 53.2 Å². The summed E-state index contributed by atoms with van der Waals surface area (Å²) in [6, 6.07) is 5.95. The van der Waals surface area contributed by atoms with Crippen LogP contribution in [-0.4, -0.2) is 42.2 Å². The minimum atomic E-state index is -3.69. The van der Waals surface area contributed by atoms with E-state index in [4.69, 9.17) is 11.6 Å². The molecule has 9 heteroatoms. The second-order valence-corrected chi connectivity index (χ2v) is 9.70. The summed E-state index contributed by atoms with van der Waals surface area (Å²) in [5, 5.41) is 3.34. The fraction of sp³-hybridized carbons (Fsp3) is 0.381. The molecule has 2 aromatic rings. The molecule has 0 fully saturated rings. The van der Waals surface area contributed by atoms with Gasteiger partial charge in [-0.05, 0) is 56.4 Å². The highest BCUT2D eigenvalue weighted by Gasteiger charge is 2.22. The van der Waals surface area contributed by atoms with E-state index in [2.05, 4.69) is 21.4 Å². The lowest BCUT2D eigenvalue weighted by atomic mass is 9.97. The van der Waals surface area contributed by atoms with Crippen molar-refractivity contribution in [3.63, 3.8) is 0 Å². The van der Waals surface area contributed by atoms with E-state index in [1.54, 1.807) is 0 Å². The number of hydrogen-bond acceptors (Lipinski definition) is 5. The van der Waals surface area contributed by atoms with Gasteiger partial charge in [0.25, 0.3) is 5.91 Å². The van der Waals surface area contributed by atoms with Gasteiger partial charge in [-0.3, -0.25) is 4.79 Å². The van der Waals surface area contributed by atoms with Crippen molar-refractivity contribution < 1.29 is 13.2 Å². The molecule has 1 aromatic carbocycles.